The molecule has 0 aromatic heterocycles. The van der Waals surface area contributed by atoms with Crippen molar-refractivity contribution < 1.29 is 14.6 Å². The first-order chi connectivity index (χ1) is 7.43. The van der Waals surface area contributed by atoms with Crippen molar-refractivity contribution in [1.82, 2.24) is 0 Å². The molecule has 0 heterocycles. The van der Waals surface area contributed by atoms with Crippen molar-refractivity contribution in [1.29, 1.82) is 0 Å². The van der Waals surface area contributed by atoms with E-state index in [1.165, 1.54) is 0 Å². The van der Waals surface area contributed by atoms with Crippen LogP contribution in [-0.2, 0) is 9.53 Å². The van der Waals surface area contributed by atoms with Gasteiger partial charge in [-0.05, 0) is 18.3 Å². The Morgan fingerprint density at radius 2 is 1.69 bits per heavy atom. The Morgan fingerprint density at radius 1 is 1.12 bits per heavy atom. The number of hydrogen-bond donors (Lipinski definition) is 1. The number of carbonyl (C=O) groups is 1. The predicted octanol–water partition coefficient (Wildman–Crippen LogP) is 3.10. The fourth-order valence-corrected chi connectivity index (χ4v) is 1.14. The van der Waals surface area contributed by atoms with Crippen LogP contribution in [0.5, 0.6) is 0 Å². The van der Waals surface area contributed by atoms with E-state index in [9.17, 15) is 4.79 Å². The third-order valence-electron chi connectivity index (χ3n) is 2.03. The molecule has 0 aromatic carbocycles. The van der Waals surface area contributed by atoms with E-state index < -0.39 is 12.1 Å². The van der Waals surface area contributed by atoms with E-state index in [1.807, 2.05) is 26.0 Å². The van der Waals surface area contributed by atoms with Gasteiger partial charge in [0.05, 0.1) is 6.61 Å². The van der Waals surface area contributed by atoms with Crippen LogP contribution >= 0.6 is 0 Å². The Balaban J connectivity index is 3.94. The highest BCUT2D eigenvalue weighted by Crippen LogP contribution is 2.06. The van der Waals surface area contributed by atoms with Gasteiger partial charge in [0, 0.05) is 6.42 Å². The smallest absolute Gasteiger partial charge is 0.333 e. The molecule has 0 radical (unpaired) electrons. The van der Waals surface area contributed by atoms with Gasteiger partial charge in [-0.2, -0.15) is 0 Å². The Hall–Kier alpha value is -0.830. The first-order valence-corrected chi connectivity index (χ1v) is 5.92. The minimum atomic E-state index is -0.880. The summed E-state index contributed by atoms with van der Waals surface area (Å²) in [7, 11) is 0. The van der Waals surface area contributed by atoms with Gasteiger partial charge in [-0.25, -0.2) is 4.79 Å². The Morgan fingerprint density at radius 3 is 2.12 bits per heavy atom. The summed E-state index contributed by atoms with van der Waals surface area (Å²) in [6.07, 6.45) is 4.66. The highest BCUT2D eigenvalue weighted by Gasteiger charge is 2.16. The molecular formula is C13H24O3. The van der Waals surface area contributed by atoms with Crippen molar-refractivity contribution in [2.75, 3.05) is 6.61 Å². The molecule has 0 aliphatic carbocycles. The van der Waals surface area contributed by atoms with Crippen molar-refractivity contribution >= 4 is 5.97 Å². The predicted molar refractivity (Wildman–Crippen MR) is 65.4 cm³/mol. The second-order valence-electron chi connectivity index (χ2n) is 4.89. The van der Waals surface area contributed by atoms with E-state index in [4.69, 9.17) is 9.84 Å². The lowest BCUT2D eigenvalue weighted by atomic mass is 10.1. The number of rotatable bonds is 8. The molecule has 94 valence electrons. The van der Waals surface area contributed by atoms with Crippen LogP contribution in [-0.4, -0.2) is 23.8 Å². The van der Waals surface area contributed by atoms with Crippen molar-refractivity contribution in [2.45, 2.75) is 46.6 Å². The minimum Gasteiger partial charge on any atom is -0.479 e. The van der Waals surface area contributed by atoms with Gasteiger partial charge in [0.2, 0.25) is 0 Å². The van der Waals surface area contributed by atoms with Gasteiger partial charge in [0.1, 0.15) is 0 Å². The maximum Gasteiger partial charge on any atom is 0.333 e. The second-order valence-corrected chi connectivity index (χ2v) is 4.89. The van der Waals surface area contributed by atoms with Gasteiger partial charge >= 0.3 is 5.97 Å². The summed E-state index contributed by atoms with van der Waals surface area (Å²) in [5, 5.41) is 8.94. The van der Waals surface area contributed by atoms with Crippen LogP contribution in [0.25, 0.3) is 0 Å². The van der Waals surface area contributed by atoms with E-state index in [-0.39, 0.29) is 0 Å². The van der Waals surface area contributed by atoms with Gasteiger partial charge in [0.15, 0.2) is 6.10 Å². The average Bonchev–Trinajstić information content (AvgIpc) is 2.15. The zero-order valence-corrected chi connectivity index (χ0v) is 10.8. The average molecular weight is 228 g/mol. The van der Waals surface area contributed by atoms with Crippen LogP contribution in [0.15, 0.2) is 12.2 Å². The van der Waals surface area contributed by atoms with Gasteiger partial charge in [-0.15, -0.1) is 0 Å². The fraction of sp³-hybridized carbons (Fsp3) is 0.769. The van der Waals surface area contributed by atoms with E-state index in [0.29, 0.717) is 24.9 Å². The van der Waals surface area contributed by atoms with E-state index in [2.05, 4.69) is 13.8 Å². The van der Waals surface area contributed by atoms with Crippen LogP contribution in [0.3, 0.4) is 0 Å². The molecule has 1 atom stereocenters. The SMILES string of the molecule is CC(C)C/C=C/CC(OCC(C)C)C(=O)O. The van der Waals surface area contributed by atoms with Crippen molar-refractivity contribution in [3.63, 3.8) is 0 Å². The lowest BCUT2D eigenvalue weighted by molar-refractivity contribution is -0.150. The molecule has 0 saturated heterocycles. The normalized spacial score (nSPS) is 13.9. The van der Waals surface area contributed by atoms with Gasteiger partial charge in [0.25, 0.3) is 0 Å². The first-order valence-electron chi connectivity index (χ1n) is 5.92. The molecule has 1 N–H and O–H groups in total. The van der Waals surface area contributed by atoms with Gasteiger partial charge < -0.3 is 9.84 Å². The van der Waals surface area contributed by atoms with Crippen molar-refractivity contribution in [3.05, 3.63) is 12.2 Å². The number of carboxylic acids is 1. The van der Waals surface area contributed by atoms with Gasteiger partial charge in [-0.3, -0.25) is 0 Å². The highest BCUT2D eigenvalue weighted by molar-refractivity contribution is 5.72. The molecule has 0 aliphatic heterocycles. The Bertz CT molecular complexity index is 219. The molecule has 3 heteroatoms. The lowest BCUT2D eigenvalue weighted by Gasteiger charge is -2.13. The summed E-state index contributed by atoms with van der Waals surface area (Å²) in [5.41, 5.74) is 0. The topological polar surface area (TPSA) is 46.5 Å². The number of carboxylic acid groups (broad SMARTS) is 1. The number of ether oxygens (including phenoxy) is 1. The molecule has 0 amide bonds. The summed E-state index contributed by atoms with van der Waals surface area (Å²) in [6.45, 7) is 8.78. The number of allylic oxidation sites excluding steroid dienone is 1. The molecule has 1 unspecified atom stereocenters. The summed E-state index contributed by atoms with van der Waals surface area (Å²) in [4.78, 5) is 10.9. The minimum absolute atomic E-state index is 0.362. The number of aliphatic carboxylic acids is 1. The van der Waals surface area contributed by atoms with Crippen molar-refractivity contribution in [2.24, 2.45) is 11.8 Å². The standard InChI is InChI=1S/C13H24O3/c1-10(2)7-5-6-8-12(13(14)15)16-9-11(3)4/h5-6,10-12H,7-9H2,1-4H3,(H,14,15)/b6-5+. The first kappa shape index (κ1) is 15.2. The lowest BCUT2D eigenvalue weighted by Crippen LogP contribution is -2.25. The maximum atomic E-state index is 10.9. The zero-order valence-electron chi connectivity index (χ0n) is 10.8. The van der Waals surface area contributed by atoms with E-state index in [1.54, 1.807) is 0 Å². The molecule has 3 nitrogen and oxygen atoms in total. The van der Waals surface area contributed by atoms with E-state index >= 15 is 0 Å². The van der Waals surface area contributed by atoms with Crippen LogP contribution < -0.4 is 0 Å². The molecule has 0 aliphatic rings. The monoisotopic (exact) mass is 228 g/mol. The third-order valence-corrected chi connectivity index (χ3v) is 2.03. The molecule has 0 rings (SSSR count). The largest absolute Gasteiger partial charge is 0.479 e. The maximum absolute atomic E-state index is 10.9. The van der Waals surface area contributed by atoms with Crippen molar-refractivity contribution in [3.8, 4) is 0 Å². The number of hydrogen-bond acceptors (Lipinski definition) is 2. The summed E-state index contributed by atoms with van der Waals surface area (Å²) < 4.78 is 5.32. The summed E-state index contributed by atoms with van der Waals surface area (Å²) in [5.74, 6) is 0.0902. The van der Waals surface area contributed by atoms with Gasteiger partial charge in [-0.1, -0.05) is 39.8 Å². The molecule has 0 bridgehead atoms. The summed E-state index contributed by atoms with van der Waals surface area (Å²) >= 11 is 0. The van der Waals surface area contributed by atoms with E-state index in [0.717, 1.165) is 6.42 Å². The van der Waals surface area contributed by atoms with Crippen LogP contribution in [0.1, 0.15) is 40.5 Å². The highest BCUT2D eigenvalue weighted by atomic mass is 16.5. The molecular weight excluding hydrogens is 204 g/mol. The Kier molecular flexibility index (Phi) is 7.90. The molecule has 0 fully saturated rings. The Labute approximate surface area is 98.5 Å². The summed E-state index contributed by atoms with van der Waals surface area (Å²) in [6, 6.07) is 0. The molecule has 16 heavy (non-hydrogen) atoms. The molecule has 0 spiro atoms. The molecule has 0 aromatic rings. The van der Waals surface area contributed by atoms with Crippen LogP contribution in [0, 0.1) is 11.8 Å². The second kappa shape index (κ2) is 8.34. The quantitative estimate of drug-likeness (QED) is 0.649. The fourth-order valence-electron chi connectivity index (χ4n) is 1.14. The molecule has 0 saturated carbocycles. The zero-order chi connectivity index (χ0) is 12.6. The van der Waals surface area contributed by atoms with Crippen LogP contribution in [0.4, 0.5) is 0 Å². The third kappa shape index (κ3) is 8.48. The van der Waals surface area contributed by atoms with Crippen LogP contribution in [0.2, 0.25) is 0 Å².